The number of nitro groups is 1. The number of rotatable bonds is 4. The van der Waals surface area contributed by atoms with E-state index >= 15 is 0 Å². The molecule has 1 aromatic carbocycles. The van der Waals surface area contributed by atoms with Crippen LogP contribution in [0.3, 0.4) is 0 Å². The fourth-order valence-electron chi connectivity index (χ4n) is 2.62. The van der Waals surface area contributed by atoms with Crippen LogP contribution in [0, 0.1) is 23.0 Å². The Hall–Kier alpha value is -1.62. The molecule has 0 saturated heterocycles. The van der Waals surface area contributed by atoms with Gasteiger partial charge < -0.3 is 11.1 Å². The molecule has 5 nitrogen and oxygen atoms in total. The van der Waals surface area contributed by atoms with Gasteiger partial charge in [0.1, 0.15) is 5.69 Å². The summed E-state index contributed by atoms with van der Waals surface area (Å²) in [5.74, 6) is 0.422. The van der Waals surface area contributed by atoms with E-state index in [1.165, 1.54) is 0 Å². The maximum absolute atomic E-state index is 11.0. The van der Waals surface area contributed by atoms with Crippen LogP contribution in [0.4, 0.5) is 11.4 Å². The van der Waals surface area contributed by atoms with Gasteiger partial charge in [-0.15, -0.1) is 0 Å². The van der Waals surface area contributed by atoms with Crippen LogP contribution in [0.2, 0.25) is 0 Å². The van der Waals surface area contributed by atoms with Crippen molar-refractivity contribution in [2.75, 3.05) is 11.9 Å². The Morgan fingerprint density at radius 1 is 1.50 bits per heavy atom. The summed E-state index contributed by atoms with van der Waals surface area (Å²) in [4.78, 5) is 10.7. The summed E-state index contributed by atoms with van der Waals surface area (Å²) in [6.07, 6.45) is 3.28. The van der Waals surface area contributed by atoms with Crippen LogP contribution in [-0.4, -0.2) is 17.5 Å². The lowest BCUT2D eigenvalue weighted by Gasteiger charge is -2.20. The van der Waals surface area contributed by atoms with Crippen LogP contribution in [0.5, 0.6) is 0 Å². The number of hydrogen-bond acceptors (Lipinski definition) is 4. The number of aryl methyl sites for hydroxylation is 1. The monoisotopic (exact) mass is 249 g/mol. The molecule has 2 unspecified atom stereocenters. The van der Waals surface area contributed by atoms with E-state index in [4.69, 9.17) is 5.73 Å². The van der Waals surface area contributed by atoms with E-state index < -0.39 is 0 Å². The minimum absolute atomic E-state index is 0.151. The summed E-state index contributed by atoms with van der Waals surface area (Å²) < 4.78 is 0. The average Bonchev–Trinajstić information content (AvgIpc) is 2.78. The number of nitrogens with one attached hydrogen (secondary N) is 1. The number of nitrogens with zero attached hydrogens (tertiary/aromatic N) is 1. The van der Waals surface area contributed by atoms with Gasteiger partial charge in [0.25, 0.3) is 5.69 Å². The zero-order chi connectivity index (χ0) is 13.1. The normalized spacial score (nSPS) is 23.0. The van der Waals surface area contributed by atoms with E-state index in [0.717, 1.165) is 24.8 Å². The molecular weight excluding hydrogens is 230 g/mol. The van der Waals surface area contributed by atoms with Crippen molar-refractivity contribution in [3.63, 3.8) is 0 Å². The molecule has 0 heterocycles. The Morgan fingerprint density at radius 2 is 2.28 bits per heavy atom. The molecule has 0 radical (unpaired) electrons. The SMILES string of the molecule is Cc1ccc(NC2CCCC2CN)c([N+](=O)[O-])c1. The Kier molecular flexibility index (Phi) is 3.81. The molecule has 1 aliphatic carbocycles. The van der Waals surface area contributed by atoms with Gasteiger partial charge in [-0.3, -0.25) is 10.1 Å². The predicted octanol–water partition coefficient (Wildman–Crippen LogP) is 2.44. The van der Waals surface area contributed by atoms with Gasteiger partial charge in [0.2, 0.25) is 0 Å². The van der Waals surface area contributed by atoms with Gasteiger partial charge in [0, 0.05) is 12.1 Å². The molecule has 0 bridgehead atoms. The third-order valence-corrected chi connectivity index (χ3v) is 3.65. The smallest absolute Gasteiger partial charge is 0.292 e. The first-order chi connectivity index (χ1) is 8.61. The lowest BCUT2D eigenvalue weighted by atomic mass is 10.0. The van der Waals surface area contributed by atoms with Crippen molar-refractivity contribution < 1.29 is 4.92 Å². The van der Waals surface area contributed by atoms with E-state index in [9.17, 15) is 10.1 Å². The van der Waals surface area contributed by atoms with Crippen LogP contribution in [0.15, 0.2) is 18.2 Å². The highest BCUT2D eigenvalue weighted by molar-refractivity contribution is 5.63. The molecule has 0 aliphatic heterocycles. The minimum atomic E-state index is -0.332. The Bertz CT molecular complexity index is 448. The van der Waals surface area contributed by atoms with Crippen molar-refractivity contribution >= 4 is 11.4 Å². The first-order valence-electron chi connectivity index (χ1n) is 6.33. The second kappa shape index (κ2) is 5.35. The van der Waals surface area contributed by atoms with Crippen molar-refractivity contribution in [1.82, 2.24) is 0 Å². The average molecular weight is 249 g/mol. The summed E-state index contributed by atoms with van der Waals surface area (Å²) in [6, 6.07) is 5.55. The number of nitrogens with two attached hydrogens (primary N) is 1. The molecule has 0 spiro atoms. The molecule has 18 heavy (non-hydrogen) atoms. The van der Waals surface area contributed by atoms with Crippen molar-refractivity contribution in [3.05, 3.63) is 33.9 Å². The van der Waals surface area contributed by atoms with E-state index in [0.29, 0.717) is 18.2 Å². The van der Waals surface area contributed by atoms with Crippen molar-refractivity contribution in [2.24, 2.45) is 11.7 Å². The van der Waals surface area contributed by atoms with E-state index in [-0.39, 0.29) is 16.7 Å². The van der Waals surface area contributed by atoms with E-state index in [1.807, 2.05) is 13.0 Å². The number of benzene rings is 1. The quantitative estimate of drug-likeness (QED) is 0.634. The molecule has 1 saturated carbocycles. The van der Waals surface area contributed by atoms with Crippen LogP contribution < -0.4 is 11.1 Å². The van der Waals surface area contributed by atoms with Gasteiger partial charge in [0.15, 0.2) is 0 Å². The summed E-state index contributed by atoms with van der Waals surface area (Å²) in [5.41, 5.74) is 7.38. The van der Waals surface area contributed by atoms with Crippen LogP contribution >= 0.6 is 0 Å². The van der Waals surface area contributed by atoms with Crippen molar-refractivity contribution in [1.29, 1.82) is 0 Å². The second-order valence-corrected chi connectivity index (χ2v) is 4.96. The fourth-order valence-corrected chi connectivity index (χ4v) is 2.62. The highest BCUT2D eigenvalue weighted by atomic mass is 16.6. The molecule has 1 aromatic rings. The molecule has 0 amide bonds. The summed E-state index contributed by atoms with van der Waals surface area (Å²) in [7, 11) is 0. The Labute approximate surface area is 107 Å². The number of hydrogen-bond donors (Lipinski definition) is 2. The van der Waals surface area contributed by atoms with Gasteiger partial charge in [-0.25, -0.2) is 0 Å². The molecule has 98 valence electrons. The van der Waals surface area contributed by atoms with E-state index in [2.05, 4.69) is 5.32 Å². The third kappa shape index (κ3) is 2.61. The topological polar surface area (TPSA) is 81.2 Å². The largest absolute Gasteiger partial charge is 0.376 e. The van der Waals surface area contributed by atoms with Gasteiger partial charge in [-0.2, -0.15) is 0 Å². The van der Waals surface area contributed by atoms with Gasteiger partial charge in [-0.05, 0) is 43.9 Å². The van der Waals surface area contributed by atoms with Crippen molar-refractivity contribution in [2.45, 2.75) is 32.2 Å². The summed E-state index contributed by atoms with van der Waals surface area (Å²) in [5, 5.41) is 14.3. The first kappa shape index (κ1) is 12.8. The zero-order valence-electron chi connectivity index (χ0n) is 10.6. The lowest BCUT2D eigenvalue weighted by molar-refractivity contribution is -0.384. The maximum atomic E-state index is 11.0. The highest BCUT2D eigenvalue weighted by Gasteiger charge is 2.27. The predicted molar refractivity (Wildman–Crippen MR) is 71.6 cm³/mol. The lowest BCUT2D eigenvalue weighted by Crippen LogP contribution is -2.29. The summed E-state index contributed by atoms with van der Waals surface area (Å²) in [6.45, 7) is 2.49. The first-order valence-corrected chi connectivity index (χ1v) is 6.33. The molecule has 5 heteroatoms. The summed E-state index contributed by atoms with van der Waals surface area (Å²) >= 11 is 0. The highest BCUT2D eigenvalue weighted by Crippen LogP contribution is 2.32. The zero-order valence-corrected chi connectivity index (χ0v) is 10.6. The molecule has 1 fully saturated rings. The molecular formula is C13H19N3O2. The van der Waals surface area contributed by atoms with Crippen LogP contribution in [-0.2, 0) is 0 Å². The van der Waals surface area contributed by atoms with Crippen LogP contribution in [0.1, 0.15) is 24.8 Å². The van der Waals surface area contributed by atoms with Crippen molar-refractivity contribution in [3.8, 4) is 0 Å². The Morgan fingerprint density at radius 3 is 2.94 bits per heavy atom. The fraction of sp³-hybridized carbons (Fsp3) is 0.538. The third-order valence-electron chi connectivity index (χ3n) is 3.65. The molecule has 3 N–H and O–H groups in total. The van der Waals surface area contributed by atoms with Crippen LogP contribution in [0.25, 0.3) is 0 Å². The maximum Gasteiger partial charge on any atom is 0.292 e. The van der Waals surface area contributed by atoms with Gasteiger partial charge >= 0.3 is 0 Å². The van der Waals surface area contributed by atoms with Gasteiger partial charge in [-0.1, -0.05) is 12.5 Å². The number of nitro benzene ring substituents is 1. The number of anilines is 1. The molecule has 2 rings (SSSR count). The Balaban J connectivity index is 2.20. The van der Waals surface area contributed by atoms with E-state index in [1.54, 1.807) is 12.1 Å². The molecule has 2 atom stereocenters. The molecule has 0 aromatic heterocycles. The second-order valence-electron chi connectivity index (χ2n) is 4.96. The van der Waals surface area contributed by atoms with Gasteiger partial charge in [0.05, 0.1) is 4.92 Å². The standard InChI is InChI=1S/C13H19N3O2/c1-9-5-6-12(13(7-9)16(17)18)15-11-4-2-3-10(11)8-14/h5-7,10-11,15H,2-4,8,14H2,1H3. The minimum Gasteiger partial charge on any atom is -0.376 e. The molecule has 1 aliphatic rings.